The van der Waals surface area contributed by atoms with Gasteiger partial charge in [0, 0.05) is 12.5 Å². The Hall–Kier alpha value is -1.52. The number of oxazole rings is 1. The van der Waals surface area contributed by atoms with E-state index in [-0.39, 0.29) is 6.10 Å². The van der Waals surface area contributed by atoms with Gasteiger partial charge >= 0.3 is 0 Å². The third kappa shape index (κ3) is 2.74. The van der Waals surface area contributed by atoms with E-state index in [4.69, 9.17) is 20.8 Å². The van der Waals surface area contributed by atoms with Crippen molar-refractivity contribution in [2.75, 3.05) is 13.1 Å². The first-order chi connectivity index (χ1) is 9.34. The first-order valence-corrected chi connectivity index (χ1v) is 6.73. The second-order valence-corrected chi connectivity index (χ2v) is 5.00. The minimum Gasteiger partial charge on any atom is -0.479 e. The molecule has 100 valence electrons. The van der Waals surface area contributed by atoms with Gasteiger partial charge in [-0.05, 0) is 25.1 Å². The lowest BCUT2D eigenvalue weighted by atomic mass is 10.0. The van der Waals surface area contributed by atoms with Gasteiger partial charge in [0.15, 0.2) is 6.10 Å². The van der Waals surface area contributed by atoms with Crippen molar-refractivity contribution >= 4 is 11.6 Å². The maximum absolute atomic E-state index is 6.14. The van der Waals surface area contributed by atoms with E-state index in [9.17, 15) is 0 Å². The number of nitrogens with one attached hydrogen (secondary N) is 1. The summed E-state index contributed by atoms with van der Waals surface area (Å²) in [6.45, 7) is 1.89. The van der Waals surface area contributed by atoms with Gasteiger partial charge in [-0.25, -0.2) is 4.98 Å². The zero-order chi connectivity index (χ0) is 13.1. The quantitative estimate of drug-likeness (QED) is 0.934. The van der Waals surface area contributed by atoms with Crippen molar-refractivity contribution in [1.29, 1.82) is 0 Å². The van der Waals surface area contributed by atoms with Crippen LogP contribution in [0.15, 0.2) is 41.1 Å². The zero-order valence-electron chi connectivity index (χ0n) is 10.4. The van der Waals surface area contributed by atoms with Crippen molar-refractivity contribution < 1.29 is 9.15 Å². The van der Waals surface area contributed by atoms with Crippen molar-refractivity contribution in [2.24, 2.45) is 5.92 Å². The molecule has 0 spiro atoms. The number of aromatic nitrogens is 1. The SMILES string of the molecule is Clc1ccccc1O[C@@H](c1ncco1)[C@H]1CCNC1. The highest BCUT2D eigenvalue weighted by Crippen LogP contribution is 2.34. The van der Waals surface area contributed by atoms with Crippen LogP contribution in [-0.2, 0) is 0 Å². The highest BCUT2D eigenvalue weighted by atomic mass is 35.5. The Morgan fingerprint density at radius 1 is 1.42 bits per heavy atom. The standard InChI is InChI=1S/C14H15ClN2O2/c15-11-3-1-2-4-12(11)19-13(10-5-6-16-9-10)14-17-7-8-18-14/h1-4,7-8,10,13,16H,5-6,9H2/t10-,13+/m0/s1. The smallest absolute Gasteiger partial charge is 0.235 e. The molecule has 2 aromatic rings. The molecular weight excluding hydrogens is 264 g/mol. The summed E-state index contributed by atoms with van der Waals surface area (Å²) in [6, 6.07) is 7.46. The first kappa shape index (κ1) is 12.5. The first-order valence-electron chi connectivity index (χ1n) is 6.36. The summed E-state index contributed by atoms with van der Waals surface area (Å²) in [5.41, 5.74) is 0. The van der Waals surface area contributed by atoms with Crippen LogP contribution >= 0.6 is 11.6 Å². The van der Waals surface area contributed by atoms with E-state index in [1.807, 2.05) is 24.3 Å². The molecule has 1 aliphatic heterocycles. The van der Waals surface area contributed by atoms with Crippen molar-refractivity contribution in [3.05, 3.63) is 47.6 Å². The molecular formula is C14H15ClN2O2. The summed E-state index contributed by atoms with van der Waals surface area (Å²) < 4.78 is 11.5. The lowest BCUT2D eigenvalue weighted by Crippen LogP contribution is -2.21. The Bertz CT molecular complexity index is 524. The van der Waals surface area contributed by atoms with E-state index in [0.29, 0.717) is 22.6 Å². The fraction of sp³-hybridized carbons (Fsp3) is 0.357. The minimum atomic E-state index is -0.204. The molecule has 1 N–H and O–H groups in total. The van der Waals surface area contributed by atoms with Gasteiger partial charge in [0.25, 0.3) is 0 Å². The molecule has 1 fully saturated rings. The molecule has 0 radical (unpaired) electrons. The van der Waals surface area contributed by atoms with Crippen LogP contribution in [0.25, 0.3) is 0 Å². The molecule has 3 rings (SSSR count). The van der Waals surface area contributed by atoms with Crippen LogP contribution in [0.2, 0.25) is 5.02 Å². The fourth-order valence-electron chi connectivity index (χ4n) is 2.34. The van der Waals surface area contributed by atoms with E-state index in [2.05, 4.69) is 10.3 Å². The second kappa shape index (κ2) is 5.63. The number of para-hydroxylation sites is 1. The average molecular weight is 279 g/mol. The number of rotatable bonds is 4. The van der Waals surface area contributed by atoms with Crippen LogP contribution in [0.5, 0.6) is 5.75 Å². The molecule has 4 nitrogen and oxygen atoms in total. The molecule has 0 bridgehead atoms. The van der Waals surface area contributed by atoms with Gasteiger partial charge in [-0.2, -0.15) is 0 Å². The Morgan fingerprint density at radius 3 is 3.00 bits per heavy atom. The lowest BCUT2D eigenvalue weighted by Gasteiger charge is -2.22. The lowest BCUT2D eigenvalue weighted by molar-refractivity contribution is 0.114. The molecule has 1 aromatic carbocycles. The highest BCUT2D eigenvalue weighted by Gasteiger charge is 2.31. The predicted octanol–water partition coefficient (Wildman–Crippen LogP) is 3.06. The Labute approximate surface area is 116 Å². The van der Waals surface area contributed by atoms with Crippen molar-refractivity contribution in [3.63, 3.8) is 0 Å². The van der Waals surface area contributed by atoms with Crippen LogP contribution in [0.4, 0.5) is 0 Å². The highest BCUT2D eigenvalue weighted by molar-refractivity contribution is 6.32. The molecule has 0 aliphatic carbocycles. The molecule has 5 heteroatoms. The van der Waals surface area contributed by atoms with Gasteiger partial charge in [0.2, 0.25) is 5.89 Å². The predicted molar refractivity (Wildman–Crippen MR) is 72.3 cm³/mol. The average Bonchev–Trinajstić information content (AvgIpc) is 3.11. The summed E-state index contributed by atoms with van der Waals surface area (Å²) >= 11 is 6.14. The maximum atomic E-state index is 6.14. The summed E-state index contributed by atoms with van der Waals surface area (Å²) in [6.07, 6.45) is 4.05. The molecule has 1 saturated heterocycles. The molecule has 0 saturated carbocycles. The second-order valence-electron chi connectivity index (χ2n) is 4.59. The van der Waals surface area contributed by atoms with Crippen molar-refractivity contribution in [1.82, 2.24) is 10.3 Å². The van der Waals surface area contributed by atoms with Crippen LogP contribution in [0.3, 0.4) is 0 Å². The van der Waals surface area contributed by atoms with E-state index in [1.54, 1.807) is 12.5 Å². The third-order valence-corrected chi connectivity index (χ3v) is 3.62. The third-order valence-electron chi connectivity index (χ3n) is 3.31. The van der Waals surface area contributed by atoms with E-state index in [0.717, 1.165) is 19.5 Å². The molecule has 0 amide bonds. The Morgan fingerprint density at radius 2 is 2.32 bits per heavy atom. The van der Waals surface area contributed by atoms with Crippen molar-refractivity contribution in [2.45, 2.75) is 12.5 Å². The summed E-state index contributed by atoms with van der Waals surface area (Å²) in [7, 11) is 0. The molecule has 1 aliphatic rings. The number of hydrogen-bond donors (Lipinski definition) is 1. The van der Waals surface area contributed by atoms with Gasteiger partial charge < -0.3 is 14.5 Å². The number of halogens is 1. The maximum Gasteiger partial charge on any atom is 0.235 e. The Balaban J connectivity index is 1.85. The van der Waals surface area contributed by atoms with Gasteiger partial charge in [-0.15, -0.1) is 0 Å². The molecule has 0 unspecified atom stereocenters. The van der Waals surface area contributed by atoms with E-state index in [1.165, 1.54) is 0 Å². The largest absolute Gasteiger partial charge is 0.479 e. The fourth-order valence-corrected chi connectivity index (χ4v) is 2.52. The number of hydrogen-bond acceptors (Lipinski definition) is 4. The normalized spacial score (nSPS) is 20.4. The number of nitrogens with zero attached hydrogens (tertiary/aromatic N) is 1. The van der Waals surface area contributed by atoms with Crippen molar-refractivity contribution in [3.8, 4) is 5.75 Å². The summed E-state index contributed by atoms with van der Waals surface area (Å²) in [5.74, 6) is 1.61. The van der Waals surface area contributed by atoms with Crippen LogP contribution in [-0.4, -0.2) is 18.1 Å². The Kier molecular flexibility index (Phi) is 3.71. The van der Waals surface area contributed by atoms with Gasteiger partial charge in [0.1, 0.15) is 12.0 Å². The monoisotopic (exact) mass is 278 g/mol. The topological polar surface area (TPSA) is 47.3 Å². The molecule has 2 atom stereocenters. The van der Waals surface area contributed by atoms with Gasteiger partial charge in [-0.1, -0.05) is 23.7 Å². The van der Waals surface area contributed by atoms with Crippen LogP contribution in [0.1, 0.15) is 18.4 Å². The van der Waals surface area contributed by atoms with E-state index >= 15 is 0 Å². The summed E-state index contributed by atoms with van der Waals surface area (Å²) in [5, 5.41) is 3.93. The zero-order valence-corrected chi connectivity index (χ0v) is 11.1. The minimum absolute atomic E-state index is 0.204. The molecule has 1 aromatic heterocycles. The molecule has 19 heavy (non-hydrogen) atoms. The van der Waals surface area contributed by atoms with Gasteiger partial charge in [0.05, 0.1) is 11.2 Å². The number of ether oxygens (including phenoxy) is 1. The number of benzene rings is 1. The summed E-state index contributed by atoms with van der Waals surface area (Å²) in [4.78, 5) is 4.22. The van der Waals surface area contributed by atoms with Gasteiger partial charge in [-0.3, -0.25) is 0 Å². The molecule has 2 heterocycles. The van der Waals surface area contributed by atoms with E-state index < -0.39 is 0 Å². The van der Waals surface area contributed by atoms with Crippen LogP contribution < -0.4 is 10.1 Å². The van der Waals surface area contributed by atoms with Crippen LogP contribution in [0, 0.1) is 5.92 Å².